The fraction of sp³-hybridized carbons (Fsp3) is 0.500. The second-order valence-corrected chi connectivity index (χ2v) is 5.63. The molecule has 0 aliphatic heterocycles. The van der Waals surface area contributed by atoms with Gasteiger partial charge in [-0.05, 0) is 36.0 Å². The third-order valence-corrected chi connectivity index (χ3v) is 3.52. The van der Waals surface area contributed by atoms with Crippen LogP contribution in [-0.4, -0.2) is 5.11 Å². The van der Waals surface area contributed by atoms with Crippen LogP contribution in [0.15, 0.2) is 0 Å². The minimum Gasteiger partial charge on any atom is -0.505 e. The first kappa shape index (κ1) is 12.3. The van der Waals surface area contributed by atoms with Crippen LogP contribution in [0.2, 0.25) is 0 Å². The highest BCUT2D eigenvalue weighted by Gasteiger charge is 2.23. The number of nitrogens with two attached hydrogens (primary N) is 1. The molecule has 2 nitrogen and oxygen atoms in total. The van der Waals surface area contributed by atoms with Gasteiger partial charge in [0.15, 0.2) is 0 Å². The minimum atomic E-state index is 0.0430. The average Bonchev–Trinajstić information content (AvgIpc) is 2.09. The number of nitrogen functional groups attached to an aromatic ring is 1. The zero-order valence-electron chi connectivity index (χ0n) is 10.1. The molecule has 0 fully saturated rings. The van der Waals surface area contributed by atoms with E-state index < -0.39 is 0 Å². The molecular weight excluding hydrogens is 205 g/mol. The van der Waals surface area contributed by atoms with Crippen molar-refractivity contribution in [1.29, 1.82) is 0 Å². The lowest BCUT2D eigenvalue weighted by atomic mass is 9.80. The number of phenols is 1. The van der Waals surface area contributed by atoms with Gasteiger partial charge in [0, 0.05) is 5.30 Å². The average molecular weight is 225 g/mol. The van der Waals surface area contributed by atoms with Crippen LogP contribution in [0.25, 0.3) is 0 Å². The Bertz CT molecular complexity index is 376. The molecule has 1 aromatic rings. The number of hydrogen-bond acceptors (Lipinski definition) is 2. The Morgan fingerprint density at radius 3 is 2.00 bits per heavy atom. The van der Waals surface area contributed by atoms with Crippen molar-refractivity contribution in [3.05, 3.63) is 16.7 Å². The fourth-order valence-corrected chi connectivity index (χ4v) is 2.48. The Labute approximate surface area is 94.1 Å². The van der Waals surface area contributed by atoms with Crippen molar-refractivity contribution < 1.29 is 5.11 Å². The van der Waals surface area contributed by atoms with Crippen LogP contribution in [0.5, 0.6) is 5.75 Å². The number of rotatable bonds is 0. The summed E-state index contributed by atoms with van der Waals surface area (Å²) in [6.45, 7) is 10.5. The molecule has 1 unspecified atom stereocenters. The van der Waals surface area contributed by atoms with Crippen LogP contribution in [0, 0.1) is 13.8 Å². The smallest absolute Gasteiger partial charge is 0.146 e. The molecule has 3 N–H and O–H groups in total. The molecular formula is C12H20NOP. The quantitative estimate of drug-likeness (QED) is 0.404. The molecule has 15 heavy (non-hydrogen) atoms. The van der Waals surface area contributed by atoms with Crippen molar-refractivity contribution in [3.8, 4) is 5.75 Å². The molecule has 0 heterocycles. The summed E-state index contributed by atoms with van der Waals surface area (Å²) in [6.07, 6.45) is 0. The lowest BCUT2D eigenvalue weighted by Crippen LogP contribution is -2.20. The van der Waals surface area contributed by atoms with Crippen LogP contribution in [0.3, 0.4) is 0 Å². The van der Waals surface area contributed by atoms with Gasteiger partial charge in [-0.1, -0.05) is 20.8 Å². The van der Waals surface area contributed by atoms with E-state index in [0.717, 1.165) is 16.4 Å². The number of phenolic OH excluding ortho intramolecular Hbond substituents is 1. The van der Waals surface area contributed by atoms with Crippen molar-refractivity contribution in [2.75, 3.05) is 5.73 Å². The predicted octanol–water partition coefficient (Wildman–Crippen LogP) is 2.39. The van der Waals surface area contributed by atoms with Crippen LogP contribution in [0.4, 0.5) is 5.69 Å². The van der Waals surface area contributed by atoms with Crippen molar-refractivity contribution in [3.63, 3.8) is 0 Å². The minimum absolute atomic E-state index is 0.0430. The molecule has 1 atom stereocenters. The standard InChI is InChI=1S/C12H20NOP/c1-6-8(12(3,4)5)7(2)11(15)10(14)9(6)13/h14H,13,15H2,1-5H3. The molecule has 0 amide bonds. The molecule has 0 aliphatic carbocycles. The first-order valence-electron chi connectivity index (χ1n) is 5.05. The molecule has 0 aromatic heterocycles. The van der Waals surface area contributed by atoms with E-state index in [9.17, 15) is 5.11 Å². The second-order valence-electron chi connectivity index (χ2n) is 5.05. The van der Waals surface area contributed by atoms with Gasteiger partial charge in [-0.3, -0.25) is 0 Å². The van der Waals surface area contributed by atoms with E-state index in [1.54, 1.807) is 0 Å². The first-order chi connectivity index (χ1) is 6.68. The number of benzene rings is 1. The van der Waals surface area contributed by atoms with Crippen LogP contribution >= 0.6 is 9.24 Å². The Hall–Kier alpha value is -0.750. The van der Waals surface area contributed by atoms with E-state index >= 15 is 0 Å². The summed E-state index contributed by atoms with van der Waals surface area (Å²) in [7, 11) is 2.56. The predicted molar refractivity (Wildman–Crippen MR) is 70.0 cm³/mol. The molecule has 1 rings (SSSR count). The van der Waals surface area contributed by atoms with Gasteiger partial charge in [0.25, 0.3) is 0 Å². The molecule has 0 radical (unpaired) electrons. The van der Waals surface area contributed by atoms with E-state index in [1.807, 2.05) is 13.8 Å². The monoisotopic (exact) mass is 225 g/mol. The van der Waals surface area contributed by atoms with Gasteiger partial charge in [-0.15, -0.1) is 9.24 Å². The second kappa shape index (κ2) is 3.68. The molecule has 0 aliphatic rings. The Morgan fingerprint density at radius 1 is 1.13 bits per heavy atom. The van der Waals surface area contributed by atoms with E-state index in [0.29, 0.717) is 5.69 Å². The lowest BCUT2D eigenvalue weighted by Gasteiger charge is -2.27. The van der Waals surface area contributed by atoms with Gasteiger partial charge in [0.05, 0.1) is 5.69 Å². The first-order valence-corrected chi connectivity index (χ1v) is 5.63. The molecule has 1 aromatic carbocycles. The number of hydrogen-bond donors (Lipinski definition) is 2. The topological polar surface area (TPSA) is 46.2 Å². The van der Waals surface area contributed by atoms with Crippen molar-refractivity contribution in [1.82, 2.24) is 0 Å². The van der Waals surface area contributed by atoms with Crippen molar-refractivity contribution in [2.24, 2.45) is 0 Å². The largest absolute Gasteiger partial charge is 0.505 e. The molecule has 0 saturated carbocycles. The van der Waals surface area contributed by atoms with E-state index in [-0.39, 0.29) is 11.2 Å². The molecule has 0 saturated heterocycles. The van der Waals surface area contributed by atoms with Crippen molar-refractivity contribution in [2.45, 2.75) is 40.0 Å². The SMILES string of the molecule is Cc1c(N)c(O)c(P)c(C)c1C(C)(C)C. The maximum absolute atomic E-state index is 9.81. The maximum Gasteiger partial charge on any atom is 0.146 e. The third kappa shape index (κ3) is 1.96. The molecule has 0 bridgehead atoms. The van der Waals surface area contributed by atoms with E-state index in [1.165, 1.54) is 5.56 Å². The summed E-state index contributed by atoms with van der Waals surface area (Å²) in [5, 5.41) is 10.6. The lowest BCUT2D eigenvalue weighted by molar-refractivity contribution is 0.480. The summed E-state index contributed by atoms with van der Waals surface area (Å²) in [4.78, 5) is 0. The summed E-state index contributed by atoms with van der Waals surface area (Å²) in [5.74, 6) is 0.197. The van der Waals surface area contributed by atoms with Gasteiger partial charge in [-0.25, -0.2) is 0 Å². The van der Waals surface area contributed by atoms with Gasteiger partial charge < -0.3 is 10.8 Å². The number of aromatic hydroxyl groups is 1. The highest BCUT2D eigenvalue weighted by molar-refractivity contribution is 7.28. The highest BCUT2D eigenvalue weighted by Crippen LogP contribution is 2.36. The van der Waals surface area contributed by atoms with Gasteiger partial charge >= 0.3 is 0 Å². The van der Waals surface area contributed by atoms with Crippen LogP contribution < -0.4 is 11.0 Å². The Balaban J connectivity index is 3.68. The zero-order chi connectivity index (χ0) is 12.0. The zero-order valence-corrected chi connectivity index (χ0v) is 11.3. The molecule has 0 spiro atoms. The summed E-state index contributed by atoms with van der Waals surface area (Å²) < 4.78 is 0. The van der Waals surface area contributed by atoms with E-state index in [4.69, 9.17) is 5.73 Å². The Kier molecular flexibility index (Phi) is 3.02. The Morgan fingerprint density at radius 2 is 1.60 bits per heavy atom. The normalized spacial score (nSPS) is 11.9. The van der Waals surface area contributed by atoms with E-state index in [2.05, 4.69) is 30.0 Å². The van der Waals surface area contributed by atoms with Crippen molar-refractivity contribution >= 4 is 20.2 Å². The van der Waals surface area contributed by atoms with Crippen LogP contribution in [-0.2, 0) is 5.41 Å². The van der Waals surface area contributed by atoms with Crippen LogP contribution in [0.1, 0.15) is 37.5 Å². The maximum atomic E-state index is 9.81. The van der Waals surface area contributed by atoms with Gasteiger partial charge in [-0.2, -0.15) is 0 Å². The fourth-order valence-electron chi connectivity index (χ4n) is 2.18. The summed E-state index contributed by atoms with van der Waals surface area (Å²) in [5.41, 5.74) is 9.75. The van der Waals surface area contributed by atoms with Gasteiger partial charge in [0.1, 0.15) is 5.75 Å². The summed E-state index contributed by atoms with van der Waals surface area (Å²) in [6, 6.07) is 0. The molecule has 84 valence electrons. The molecule has 3 heteroatoms. The highest BCUT2D eigenvalue weighted by atomic mass is 31.0. The van der Waals surface area contributed by atoms with Gasteiger partial charge in [0.2, 0.25) is 0 Å². The number of anilines is 1. The summed E-state index contributed by atoms with van der Waals surface area (Å²) >= 11 is 0. The third-order valence-electron chi connectivity index (χ3n) is 2.82.